The van der Waals surface area contributed by atoms with Crippen molar-refractivity contribution in [1.29, 1.82) is 0 Å². The molecule has 1 atom stereocenters. The van der Waals surface area contributed by atoms with E-state index in [9.17, 15) is 4.79 Å². The maximum absolute atomic E-state index is 11.1. The fourth-order valence-corrected chi connectivity index (χ4v) is 2.29. The fraction of sp³-hybridized carbons (Fsp3) is 0.231. The largest absolute Gasteiger partial charge is 0.480 e. The Hall–Kier alpha value is -1.66. The molecule has 6 heteroatoms. The summed E-state index contributed by atoms with van der Waals surface area (Å²) in [6.45, 7) is 0.0708. The lowest BCUT2D eigenvalue weighted by atomic mass is 10.1. The lowest BCUT2D eigenvalue weighted by molar-refractivity contribution is -0.139. The van der Waals surface area contributed by atoms with E-state index in [2.05, 4.69) is 26.2 Å². The van der Waals surface area contributed by atoms with Crippen LogP contribution in [0.3, 0.4) is 0 Å². The number of aliphatic carboxylic acids is 1. The number of hydrogen-bond donors (Lipinski definition) is 2. The number of benzene rings is 1. The molecule has 0 amide bonds. The van der Waals surface area contributed by atoms with Gasteiger partial charge in [0.25, 0.3) is 0 Å². The molecule has 0 spiro atoms. The summed E-state index contributed by atoms with van der Waals surface area (Å²) in [5, 5.41) is 13.8. The number of aromatic nitrogens is 1. The van der Waals surface area contributed by atoms with Gasteiger partial charge in [0.05, 0.1) is 6.61 Å². The second kappa shape index (κ2) is 5.99. The van der Waals surface area contributed by atoms with Gasteiger partial charge in [-0.05, 0) is 12.1 Å². The Kier molecular flexibility index (Phi) is 4.34. The van der Waals surface area contributed by atoms with Crippen molar-refractivity contribution in [2.75, 3.05) is 19.0 Å². The highest BCUT2D eigenvalue weighted by molar-refractivity contribution is 9.10. The van der Waals surface area contributed by atoms with Crippen LogP contribution in [0.25, 0.3) is 10.8 Å². The Balaban J connectivity index is 2.40. The third-order valence-corrected chi connectivity index (χ3v) is 3.39. The summed E-state index contributed by atoms with van der Waals surface area (Å²) in [5.41, 5.74) is 0. The highest BCUT2D eigenvalue weighted by atomic mass is 79.9. The fourth-order valence-electron chi connectivity index (χ4n) is 1.79. The quantitative estimate of drug-likeness (QED) is 0.884. The highest BCUT2D eigenvalue weighted by Gasteiger charge is 2.18. The van der Waals surface area contributed by atoms with Gasteiger partial charge in [0.2, 0.25) is 0 Å². The number of fused-ring (bicyclic) bond motifs is 1. The topological polar surface area (TPSA) is 71.5 Å². The summed E-state index contributed by atoms with van der Waals surface area (Å²) in [6, 6.07) is 6.74. The molecule has 2 rings (SSSR count). The molecule has 0 aliphatic carbocycles. The number of nitrogens with one attached hydrogen (secondary N) is 1. The van der Waals surface area contributed by atoms with Gasteiger partial charge in [0.15, 0.2) is 0 Å². The Bertz CT molecular complexity index is 603. The summed E-state index contributed by atoms with van der Waals surface area (Å²) < 4.78 is 5.83. The molecule has 0 aliphatic rings. The smallest absolute Gasteiger partial charge is 0.328 e. The third kappa shape index (κ3) is 3.02. The minimum Gasteiger partial charge on any atom is -0.480 e. The number of carboxylic acids is 1. The molecule has 0 fully saturated rings. The van der Waals surface area contributed by atoms with Crippen molar-refractivity contribution in [3.05, 3.63) is 34.9 Å². The number of hydrogen-bond acceptors (Lipinski definition) is 4. The monoisotopic (exact) mass is 324 g/mol. The molecular formula is C13H13BrN2O3. The second-order valence-corrected chi connectivity index (χ2v) is 4.84. The molecule has 0 radical (unpaired) electrons. The highest BCUT2D eigenvalue weighted by Crippen LogP contribution is 2.27. The molecule has 1 heterocycles. The number of ether oxygens (including phenoxy) is 1. The first kappa shape index (κ1) is 13.8. The lowest BCUT2D eigenvalue weighted by Gasteiger charge is -2.15. The molecule has 2 N–H and O–H groups in total. The van der Waals surface area contributed by atoms with Crippen LogP contribution in [0.15, 0.2) is 34.9 Å². The van der Waals surface area contributed by atoms with Crippen molar-refractivity contribution in [1.82, 2.24) is 4.98 Å². The van der Waals surface area contributed by atoms with Crippen LogP contribution in [-0.2, 0) is 9.53 Å². The molecule has 0 saturated carbocycles. The van der Waals surface area contributed by atoms with Crippen molar-refractivity contribution >= 4 is 38.5 Å². The Morgan fingerprint density at radius 1 is 1.47 bits per heavy atom. The molecule has 1 unspecified atom stereocenters. The minimum atomic E-state index is -0.976. The van der Waals surface area contributed by atoms with Crippen LogP contribution < -0.4 is 5.32 Å². The Morgan fingerprint density at radius 3 is 2.95 bits per heavy atom. The third-order valence-electron chi connectivity index (χ3n) is 2.70. The first-order chi connectivity index (χ1) is 9.13. The van der Waals surface area contributed by atoms with Gasteiger partial charge in [-0.2, -0.15) is 0 Å². The van der Waals surface area contributed by atoms with E-state index < -0.39 is 12.0 Å². The zero-order valence-electron chi connectivity index (χ0n) is 10.3. The van der Waals surface area contributed by atoms with Crippen LogP contribution in [0.4, 0.5) is 5.82 Å². The molecule has 0 saturated heterocycles. The van der Waals surface area contributed by atoms with Crippen LogP contribution >= 0.6 is 15.9 Å². The number of rotatable bonds is 5. The zero-order chi connectivity index (χ0) is 13.8. The van der Waals surface area contributed by atoms with Crippen LogP contribution in [0.2, 0.25) is 0 Å². The van der Waals surface area contributed by atoms with E-state index in [1.54, 1.807) is 6.20 Å². The zero-order valence-corrected chi connectivity index (χ0v) is 11.8. The summed E-state index contributed by atoms with van der Waals surface area (Å²) >= 11 is 3.46. The molecule has 1 aromatic carbocycles. The van der Waals surface area contributed by atoms with E-state index in [0.29, 0.717) is 5.82 Å². The summed E-state index contributed by atoms with van der Waals surface area (Å²) in [4.78, 5) is 15.3. The van der Waals surface area contributed by atoms with Gasteiger partial charge in [-0.25, -0.2) is 9.78 Å². The van der Waals surface area contributed by atoms with E-state index >= 15 is 0 Å². The SMILES string of the molecule is COCC(Nc1nccc2c(Br)cccc12)C(=O)O. The summed E-state index contributed by atoms with van der Waals surface area (Å²) in [5.74, 6) is -0.445. The summed E-state index contributed by atoms with van der Waals surface area (Å²) in [6.07, 6.45) is 1.64. The summed E-state index contributed by atoms with van der Waals surface area (Å²) in [7, 11) is 1.46. The van der Waals surface area contributed by atoms with Crippen LogP contribution in [0, 0.1) is 0 Å². The Labute approximate surface area is 118 Å². The van der Waals surface area contributed by atoms with Gasteiger partial charge in [-0.3, -0.25) is 0 Å². The second-order valence-electron chi connectivity index (χ2n) is 3.99. The van der Waals surface area contributed by atoms with Gasteiger partial charge in [0, 0.05) is 28.6 Å². The number of carboxylic acid groups (broad SMARTS) is 1. The number of halogens is 1. The number of methoxy groups -OCH3 is 1. The molecule has 0 aliphatic heterocycles. The van der Waals surface area contributed by atoms with Crippen molar-refractivity contribution in [3.63, 3.8) is 0 Å². The van der Waals surface area contributed by atoms with Gasteiger partial charge < -0.3 is 15.2 Å². The van der Waals surface area contributed by atoms with E-state index in [0.717, 1.165) is 15.2 Å². The maximum Gasteiger partial charge on any atom is 0.328 e. The predicted octanol–water partition coefficient (Wildman–Crippen LogP) is 2.51. The van der Waals surface area contributed by atoms with E-state index in [1.165, 1.54) is 7.11 Å². The average Bonchev–Trinajstić information content (AvgIpc) is 2.39. The number of pyridine rings is 1. The lowest BCUT2D eigenvalue weighted by Crippen LogP contribution is -2.34. The van der Waals surface area contributed by atoms with Gasteiger partial charge in [-0.1, -0.05) is 28.1 Å². The van der Waals surface area contributed by atoms with E-state index in [-0.39, 0.29) is 6.61 Å². The van der Waals surface area contributed by atoms with E-state index in [4.69, 9.17) is 9.84 Å². The van der Waals surface area contributed by atoms with Crippen molar-refractivity contribution in [2.24, 2.45) is 0 Å². The Morgan fingerprint density at radius 2 is 2.26 bits per heavy atom. The first-order valence-electron chi connectivity index (χ1n) is 5.65. The van der Waals surface area contributed by atoms with Crippen LogP contribution in [0.5, 0.6) is 0 Å². The molecule has 5 nitrogen and oxygen atoms in total. The number of nitrogens with zero attached hydrogens (tertiary/aromatic N) is 1. The van der Waals surface area contributed by atoms with Crippen molar-refractivity contribution in [3.8, 4) is 0 Å². The van der Waals surface area contributed by atoms with Crippen LogP contribution in [-0.4, -0.2) is 35.8 Å². The number of anilines is 1. The molecule has 1 aromatic heterocycles. The average molecular weight is 325 g/mol. The van der Waals surface area contributed by atoms with Crippen molar-refractivity contribution in [2.45, 2.75) is 6.04 Å². The molecule has 2 aromatic rings. The standard InChI is InChI=1S/C13H13BrN2O3/c1-19-7-11(13(17)18)16-12-9-3-2-4-10(14)8(9)5-6-15-12/h2-6,11H,7H2,1H3,(H,15,16)(H,17,18). The maximum atomic E-state index is 11.1. The van der Waals surface area contributed by atoms with Gasteiger partial charge in [0.1, 0.15) is 11.9 Å². The normalized spacial score (nSPS) is 12.3. The molecule has 0 bridgehead atoms. The van der Waals surface area contributed by atoms with Crippen LogP contribution in [0.1, 0.15) is 0 Å². The van der Waals surface area contributed by atoms with Crippen molar-refractivity contribution < 1.29 is 14.6 Å². The van der Waals surface area contributed by atoms with Gasteiger partial charge >= 0.3 is 5.97 Å². The first-order valence-corrected chi connectivity index (χ1v) is 6.44. The van der Waals surface area contributed by atoms with Gasteiger partial charge in [-0.15, -0.1) is 0 Å². The van der Waals surface area contributed by atoms with E-state index in [1.807, 2.05) is 24.3 Å². The molecule has 100 valence electrons. The predicted molar refractivity (Wildman–Crippen MR) is 76.4 cm³/mol. The number of carbonyl (C=O) groups is 1. The minimum absolute atomic E-state index is 0.0708. The molecular weight excluding hydrogens is 312 g/mol. The molecule has 19 heavy (non-hydrogen) atoms.